The number of aryl methyl sites for hydroxylation is 2. The van der Waals surface area contributed by atoms with E-state index in [9.17, 15) is 10.1 Å². The molecule has 7 nitrogen and oxygen atoms in total. The number of benzene rings is 2. The number of nitrogens with zero attached hydrogens (tertiary/aromatic N) is 4. The van der Waals surface area contributed by atoms with Crippen LogP contribution in [-0.2, 0) is 17.6 Å². The minimum absolute atomic E-state index is 0.0283. The van der Waals surface area contributed by atoms with Gasteiger partial charge in [-0.3, -0.25) is 0 Å². The van der Waals surface area contributed by atoms with Crippen LogP contribution in [-0.4, -0.2) is 26.2 Å². The van der Waals surface area contributed by atoms with E-state index in [0.29, 0.717) is 28.2 Å². The average molecular weight is 611 g/mol. The van der Waals surface area contributed by atoms with Gasteiger partial charge in [-0.1, -0.05) is 19.4 Å². The molecule has 0 saturated carbocycles. The Morgan fingerprint density at radius 3 is 2.39 bits per heavy atom. The van der Waals surface area contributed by atoms with E-state index in [1.807, 2.05) is 36.4 Å². The minimum atomic E-state index is -0.450. The molecule has 3 aliphatic heterocycles. The van der Waals surface area contributed by atoms with Crippen molar-refractivity contribution in [1.29, 1.82) is 5.26 Å². The molecule has 3 aromatic rings. The fourth-order valence-corrected chi connectivity index (χ4v) is 6.52. The van der Waals surface area contributed by atoms with Crippen LogP contribution in [0.3, 0.4) is 0 Å². The first kappa shape index (κ1) is 30.7. The maximum Gasteiger partial charge on any atom is 0.343 e. The summed E-state index contributed by atoms with van der Waals surface area (Å²) < 4.78 is 11.9. The van der Waals surface area contributed by atoms with Gasteiger partial charge in [0.1, 0.15) is 17.1 Å². The van der Waals surface area contributed by atoms with E-state index in [2.05, 4.69) is 46.7 Å². The SMILES string of the molecule is [C-]#[N+]/C(C#N)=C1C=C(/C=C/c2cc3c4c(c2)CCCN4CCC3)OC(/C=C/c2cc3ccc(N(CC)CCCC)cc3oc2=O)=C\1. The van der Waals surface area contributed by atoms with Crippen molar-refractivity contribution in [1.82, 2.24) is 0 Å². The van der Waals surface area contributed by atoms with E-state index >= 15 is 0 Å². The Morgan fingerprint density at radius 2 is 1.74 bits per heavy atom. The number of anilines is 2. The van der Waals surface area contributed by atoms with E-state index in [1.165, 1.54) is 29.7 Å². The average Bonchev–Trinajstić information content (AvgIpc) is 3.07. The molecule has 0 saturated heterocycles. The predicted molar refractivity (Wildman–Crippen MR) is 185 cm³/mol. The van der Waals surface area contributed by atoms with Gasteiger partial charge in [0.05, 0.1) is 18.2 Å². The van der Waals surface area contributed by atoms with Crippen molar-refractivity contribution in [2.75, 3.05) is 36.0 Å². The Labute approximate surface area is 270 Å². The summed E-state index contributed by atoms with van der Waals surface area (Å²) in [6.45, 7) is 15.9. The Balaban J connectivity index is 1.26. The smallest absolute Gasteiger partial charge is 0.343 e. The maximum atomic E-state index is 13.0. The molecule has 0 atom stereocenters. The Morgan fingerprint density at radius 1 is 1.02 bits per heavy atom. The molecule has 1 aromatic heterocycles. The molecule has 0 fully saturated rings. The van der Waals surface area contributed by atoms with E-state index in [0.717, 1.165) is 68.5 Å². The minimum Gasteiger partial charge on any atom is -0.457 e. The second-order valence-electron chi connectivity index (χ2n) is 11.9. The third-order valence-corrected chi connectivity index (χ3v) is 8.82. The lowest BCUT2D eigenvalue weighted by Crippen LogP contribution is -2.34. The van der Waals surface area contributed by atoms with Gasteiger partial charge in [-0.25, -0.2) is 14.9 Å². The van der Waals surface area contributed by atoms with E-state index < -0.39 is 5.63 Å². The van der Waals surface area contributed by atoms with Crippen molar-refractivity contribution in [2.45, 2.75) is 52.4 Å². The lowest BCUT2D eigenvalue weighted by atomic mass is 9.90. The van der Waals surface area contributed by atoms with Crippen LogP contribution in [0.5, 0.6) is 0 Å². The van der Waals surface area contributed by atoms with Crippen molar-refractivity contribution >= 4 is 34.5 Å². The molecule has 0 N–H and O–H groups in total. The first-order valence-corrected chi connectivity index (χ1v) is 16.2. The number of ether oxygens (including phenoxy) is 1. The fourth-order valence-electron chi connectivity index (χ4n) is 6.52. The van der Waals surface area contributed by atoms with Crippen LogP contribution in [0.15, 0.2) is 92.7 Å². The van der Waals surface area contributed by atoms with Crippen molar-refractivity contribution < 1.29 is 9.15 Å². The van der Waals surface area contributed by atoms with Gasteiger partial charge >= 0.3 is 5.63 Å². The van der Waals surface area contributed by atoms with E-state index in [1.54, 1.807) is 24.3 Å². The van der Waals surface area contributed by atoms with Gasteiger partial charge in [-0.05, 0) is 122 Å². The third kappa shape index (κ3) is 6.55. The number of allylic oxidation sites excluding steroid dienone is 6. The van der Waals surface area contributed by atoms with Crippen LogP contribution in [0.4, 0.5) is 11.4 Å². The number of nitriles is 1. The van der Waals surface area contributed by atoms with Crippen molar-refractivity contribution in [3.05, 3.63) is 128 Å². The number of rotatable bonds is 9. The zero-order valence-corrected chi connectivity index (χ0v) is 26.5. The summed E-state index contributed by atoms with van der Waals surface area (Å²) in [6, 6.07) is 14.3. The van der Waals surface area contributed by atoms with Gasteiger partial charge < -0.3 is 19.0 Å². The summed E-state index contributed by atoms with van der Waals surface area (Å²) in [5, 5.41) is 10.4. The molecule has 4 heterocycles. The van der Waals surface area contributed by atoms with Gasteiger partial charge in [-0.15, -0.1) is 0 Å². The van der Waals surface area contributed by atoms with Gasteiger partial charge in [-0.2, -0.15) is 0 Å². The summed E-state index contributed by atoms with van der Waals surface area (Å²) in [5.41, 5.74) is 7.26. The zero-order chi connectivity index (χ0) is 32.0. The number of unbranched alkanes of at least 4 members (excludes halogenated alkanes) is 1. The highest BCUT2D eigenvalue weighted by molar-refractivity contribution is 5.82. The van der Waals surface area contributed by atoms with Crippen molar-refractivity contribution in [3.63, 3.8) is 0 Å². The lowest BCUT2D eigenvalue weighted by molar-refractivity contribution is 0.332. The van der Waals surface area contributed by atoms with Crippen LogP contribution < -0.4 is 15.4 Å². The molecule has 232 valence electrons. The molecular formula is C39H38N4O3. The number of hydrogen-bond acceptors (Lipinski definition) is 6. The summed E-state index contributed by atoms with van der Waals surface area (Å²) in [5.74, 6) is 0.914. The molecule has 3 aliphatic rings. The van der Waals surface area contributed by atoms with Crippen LogP contribution in [0.1, 0.15) is 61.8 Å². The second kappa shape index (κ2) is 13.8. The first-order chi connectivity index (χ1) is 22.5. The normalized spacial score (nSPS) is 16.8. The van der Waals surface area contributed by atoms with Crippen molar-refractivity contribution in [3.8, 4) is 6.07 Å². The molecule has 2 aromatic carbocycles. The summed E-state index contributed by atoms with van der Waals surface area (Å²) in [6.07, 6.45) is 17.3. The van der Waals surface area contributed by atoms with Crippen LogP contribution in [0.2, 0.25) is 0 Å². The Kier molecular flexibility index (Phi) is 9.22. The third-order valence-electron chi connectivity index (χ3n) is 8.82. The monoisotopic (exact) mass is 610 g/mol. The van der Waals surface area contributed by atoms with Crippen LogP contribution >= 0.6 is 0 Å². The maximum absolute atomic E-state index is 13.0. The van der Waals surface area contributed by atoms with Crippen molar-refractivity contribution in [2.24, 2.45) is 0 Å². The molecule has 7 heteroatoms. The fraction of sp³-hybridized carbons (Fsp3) is 0.308. The largest absolute Gasteiger partial charge is 0.457 e. The van der Waals surface area contributed by atoms with Crippen LogP contribution in [0.25, 0.3) is 28.0 Å². The van der Waals surface area contributed by atoms with Gasteiger partial charge in [0, 0.05) is 49.0 Å². The van der Waals surface area contributed by atoms with E-state index in [4.69, 9.17) is 15.7 Å². The molecule has 46 heavy (non-hydrogen) atoms. The Bertz CT molecular complexity index is 1910. The zero-order valence-electron chi connectivity index (χ0n) is 26.5. The molecule has 0 aliphatic carbocycles. The van der Waals surface area contributed by atoms with E-state index in [-0.39, 0.29) is 5.70 Å². The lowest BCUT2D eigenvalue weighted by Gasteiger charge is -2.37. The Hall–Kier alpha value is -5.27. The number of hydrogen-bond donors (Lipinski definition) is 0. The molecule has 0 unspecified atom stereocenters. The second-order valence-corrected chi connectivity index (χ2v) is 11.9. The molecule has 0 spiro atoms. The molecule has 0 radical (unpaired) electrons. The number of fused-ring (bicyclic) bond motifs is 1. The van der Waals surface area contributed by atoms with Crippen LogP contribution in [0, 0.1) is 17.9 Å². The molecular weight excluding hydrogens is 572 g/mol. The standard InChI is InChI=1S/C39H38N4O3/c1-4-6-17-42(5-2)33-14-12-28-22-31(39(44)46-37(28)25-33)13-16-35-24-32(36(26-40)41-3)23-34(45-35)15-11-27-20-29-9-7-18-43-19-8-10-30(21-27)38(29)43/h11-16,20-25H,4-10,17-19H2,1-2H3/b15-11+,16-13+,36-32+. The highest BCUT2D eigenvalue weighted by Crippen LogP contribution is 2.36. The highest BCUT2D eigenvalue weighted by atomic mass is 16.5. The summed E-state index contributed by atoms with van der Waals surface area (Å²) in [7, 11) is 0. The summed E-state index contributed by atoms with van der Waals surface area (Å²) in [4.78, 5) is 21.2. The predicted octanol–water partition coefficient (Wildman–Crippen LogP) is 8.34. The highest BCUT2D eigenvalue weighted by Gasteiger charge is 2.24. The summed E-state index contributed by atoms with van der Waals surface area (Å²) >= 11 is 0. The van der Waals surface area contributed by atoms with Gasteiger partial charge in [0.25, 0.3) is 5.70 Å². The first-order valence-electron chi connectivity index (χ1n) is 16.2. The quantitative estimate of drug-likeness (QED) is 0.138. The van der Waals surface area contributed by atoms with Gasteiger partial charge in [0.15, 0.2) is 0 Å². The molecule has 0 amide bonds. The van der Waals surface area contributed by atoms with Gasteiger partial charge in [0.2, 0.25) is 0 Å². The molecule has 0 bridgehead atoms. The topological polar surface area (TPSA) is 74.1 Å². The molecule has 6 rings (SSSR count).